The Morgan fingerprint density at radius 1 is 1.24 bits per heavy atom. The molecule has 0 saturated carbocycles. The lowest BCUT2D eigenvalue weighted by Crippen LogP contribution is -2.32. The summed E-state index contributed by atoms with van der Waals surface area (Å²) in [5.41, 5.74) is 9.68. The van der Waals surface area contributed by atoms with E-state index in [0.717, 1.165) is 30.0 Å². The number of hydrogen-bond acceptors (Lipinski definition) is 3. The number of carbonyl (C=O) groups excluding carboxylic acids is 1. The number of nitrogen functional groups attached to an aromatic ring is 1. The van der Waals surface area contributed by atoms with E-state index in [9.17, 15) is 4.79 Å². The summed E-state index contributed by atoms with van der Waals surface area (Å²) in [5.74, 6) is -0.0616. The molecule has 1 aliphatic rings. The Balaban J connectivity index is 1.68. The summed E-state index contributed by atoms with van der Waals surface area (Å²) in [6, 6.07) is 12.9. The van der Waals surface area contributed by atoms with Crippen LogP contribution in [0.1, 0.15) is 5.56 Å². The molecule has 2 aromatic rings. The zero-order valence-electron chi connectivity index (χ0n) is 11.5. The molecule has 4 nitrogen and oxygen atoms in total. The van der Waals surface area contributed by atoms with Gasteiger partial charge in [-0.15, -0.1) is 0 Å². The fourth-order valence-electron chi connectivity index (χ4n) is 2.63. The zero-order chi connectivity index (χ0) is 14.8. The van der Waals surface area contributed by atoms with Gasteiger partial charge in [0.25, 0.3) is 0 Å². The molecule has 108 valence electrons. The average Bonchev–Trinajstić information content (AvgIpc) is 2.86. The van der Waals surface area contributed by atoms with E-state index in [1.54, 1.807) is 24.3 Å². The van der Waals surface area contributed by atoms with Crippen molar-refractivity contribution in [3.8, 4) is 0 Å². The first-order valence-electron chi connectivity index (χ1n) is 6.81. The summed E-state index contributed by atoms with van der Waals surface area (Å²) in [6.07, 6.45) is 0.925. The van der Waals surface area contributed by atoms with Crippen molar-refractivity contribution in [3.63, 3.8) is 0 Å². The van der Waals surface area contributed by atoms with E-state index in [1.165, 1.54) is 5.56 Å². The summed E-state index contributed by atoms with van der Waals surface area (Å²) in [6.45, 7) is 1.11. The Bertz CT molecular complexity index is 670. The maximum Gasteiger partial charge on any atom is 0.243 e. The fraction of sp³-hybridized carbons (Fsp3) is 0.188. The molecule has 1 heterocycles. The van der Waals surface area contributed by atoms with Gasteiger partial charge in [-0.3, -0.25) is 4.79 Å². The van der Waals surface area contributed by atoms with Crippen molar-refractivity contribution >= 4 is 34.6 Å². The Morgan fingerprint density at radius 2 is 2.00 bits per heavy atom. The number of hydrogen-bond donors (Lipinski definition) is 2. The lowest BCUT2D eigenvalue weighted by atomic mass is 10.1. The Labute approximate surface area is 128 Å². The Morgan fingerprint density at radius 3 is 2.76 bits per heavy atom. The number of nitrogens with two attached hydrogens (primary N) is 1. The van der Waals surface area contributed by atoms with E-state index in [2.05, 4.69) is 11.4 Å². The predicted octanol–water partition coefficient (Wildman–Crippen LogP) is 2.92. The molecule has 21 heavy (non-hydrogen) atoms. The van der Waals surface area contributed by atoms with Crippen LogP contribution < -0.4 is 16.0 Å². The van der Waals surface area contributed by atoms with Gasteiger partial charge in [0.2, 0.25) is 5.91 Å². The third kappa shape index (κ3) is 2.95. The van der Waals surface area contributed by atoms with Crippen LogP contribution in [0.15, 0.2) is 42.5 Å². The molecule has 3 N–H and O–H groups in total. The topological polar surface area (TPSA) is 58.4 Å². The van der Waals surface area contributed by atoms with Crippen LogP contribution in [0.2, 0.25) is 5.02 Å². The lowest BCUT2D eigenvalue weighted by molar-refractivity contribution is -0.114. The van der Waals surface area contributed by atoms with Gasteiger partial charge in [-0.05, 0) is 42.3 Å². The van der Waals surface area contributed by atoms with E-state index >= 15 is 0 Å². The molecule has 0 fully saturated rings. The summed E-state index contributed by atoms with van der Waals surface area (Å²) in [4.78, 5) is 14.2. The van der Waals surface area contributed by atoms with E-state index in [0.29, 0.717) is 11.6 Å². The Kier molecular flexibility index (Phi) is 3.71. The molecule has 1 aliphatic heterocycles. The molecule has 0 atom stereocenters. The highest BCUT2D eigenvalue weighted by atomic mass is 35.5. The van der Waals surface area contributed by atoms with Crippen LogP contribution in [0.25, 0.3) is 0 Å². The van der Waals surface area contributed by atoms with E-state index in [4.69, 9.17) is 17.3 Å². The second-order valence-electron chi connectivity index (χ2n) is 5.08. The van der Waals surface area contributed by atoms with Crippen molar-refractivity contribution in [2.75, 3.05) is 29.0 Å². The van der Waals surface area contributed by atoms with Crippen molar-refractivity contribution < 1.29 is 4.79 Å². The lowest BCUT2D eigenvalue weighted by Gasteiger charge is -2.20. The van der Waals surface area contributed by atoms with Gasteiger partial charge in [0.1, 0.15) is 0 Å². The molecule has 0 aromatic heterocycles. The molecule has 0 saturated heterocycles. The van der Waals surface area contributed by atoms with Gasteiger partial charge in [-0.2, -0.15) is 0 Å². The number of nitrogens with one attached hydrogen (secondary N) is 1. The van der Waals surface area contributed by atoms with Gasteiger partial charge in [0.05, 0.1) is 17.9 Å². The highest BCUT2D eigenvalue weighted by molar-refractivity contribution is 6.30. The highest BCUT2D eigenvalue weighted by Crippen LogP contribution is 2.33. The third-order valence-electron chi connectivity index (χ3n) is 3.58. The quantitative estimate of drug-likeness (QED) is 0.857. The molecule has 0 bridgehead atoms. The molecular formula is C16H16ClN3O. The Hall–Kier alpha value is -2.20. The first-order chi connectivity index (χ1) is 10.1. The molecule has 5 heteroatoms. The second kappa shape index (κ2) is 5.66. The van der Waals surface area contributed by atoms with Crippen LogP contribution in [0.4, 0.5) is 17.1 Å². The number of amides is 1. The standard InChI is InChI=1S/C16H16ClN3O/c17-12-4-6-13(7-5-12)19-15(21)10-20-9-8-11-2-1-3-14(18)16(11)20/h1-7H,8-10,18H2,(H,19,21). The van der Waals surface area contributed by atoms with Gasteiger partial charge >= 0.3 is 0 Å². The molecular weight excluding hydrogens is 286 g/mol. The van der Waals surface area contributed by atoms with Crippen LogP contribution in [0.5, 0.6) is 0 Å². The highest BCUT2D eigenvalue weighted by Gasteiger charge is 2.23. The van der Waals surface area contributed by atoms with E-state index in [-0.39, 0.29) is 5.91 Å². The van der Waals surface area contributed by atoms with Gasteiger partial charge in [-0.25, -0.2) is 0 Å². The summed E-state index contributed by atoms with van der Waals surface area (Å²) in [7, 11) is 0. The fourth-order valence-corrected chi connectivity index (χ4v) is 2.76. The van der Waals surface area contributed by atoms with Crippen LogP contribution in [-0.2, 0) is 11.2 Å². The van der Waals surface area contributed by atoms with Crippen molar-refractivity contribution in [2.24, 2.45) is 0 Å². The van der Waals surface area contributed by atoms with Crippen LogP contribution >= 0.6 is 11.6 Å². The maximum atomic E-state index is 12.1. The minimum Gasteiger partial charge on any atom is -0.397 e. The van der Waals surface area contributed by atoms with Crippen molar-refractivity contribution in [1.82, 2.24) is 0 Å². The SMILES string of the molecule is Nc1cccc2c1N(CC(=O)Nc1ccc(Cl)cc1)CC2. The summed E-state index contributed by atoms with van der Waals surface area (Å²) >= 11 is 5.82. The molecule has 1 amide bonds. The minimum absolute atomic E-state index is 0.0616. The number of carbonyl (C=O) groups is 1. The molecule has 3 rings (SSSR count). The normalized spacial score (nSPS) is 13.1. The van der Waals surface area contributed by atoms with E-state index < -0.39 is 0 Å². The monoisotopic (exact) mass is 301 g/mol. The largest absolute Gasteiger partial charge is 0.397 e. The van der Waals surface area contributed by atoms with Crippen LogP contribution in [0, 0.1) is 0 Å². The number of halogens is 1. The first-order valence-corrected chi connectivity index (χ1v) is 7.19. The van der Waals surface area contributed by atoms with Crippen LogP contribution in [0.3, 0.4) is 0 Å². The number of nitrogens with zero attached hydrogens (tertiary/aromatic N) is 1. The predicted molar refractivity (Wildman–Crippen MR) is 86.9 cm³/mol. The number of para-hydroxylation sites is 1. The number of rotatable bonds is 3. The first kappa shape index (κ1) is 13.8. The van der Waals surface area contributed by atoms with Gasteiger partial charge in [0.15, 0.2) is 0 Å². The van der Waals surface area contributed by atoms with Crippen LogP contribution in [-0.4, -0.2) is 19.0 Å². The van der Waals surface area contributed by atoms with Crippen molar-refractivity contribution in [1.29, 1.82) is 0 Å². The summed E-state index contributed by atoms with van der Waals surface area (Å²) < 4.78 is 0. The van der Waals surface area contributed by atoms with Gasteiger partial charge < -0.3 is 16.0 Å². The number of fused-ring (bicyclic) bond motifs is 1. The van der Waals surface area contributed by atoms with Gasteiger partial charge in [-0.1, -0.05) is 23.7 Å². The smallest absolute Gasteiger partial charge is 0.243 e. The minimum atomic E-state index is -0.0616. The third-order valence-corrected chi connectivity index (χ3v) is 3.83. The zero-order valence-corrected chi connectivity index (χ0v) is 12.2. The molecule has 0 radical (unpaired) electrons. The van der Waals surface area contributed by atoms with Crippen molar-refractivity contribution in [3.05, 3.63) is 53.1 Å². The van der Waals surface area contributed by atoms with E-state index in [1.807, 2.05) is 17.0 Å². The number of anilines is 3. The second-order valence-corrected chi connectivity index (χ2v) is 5.52. The molecule has 0 unspecified atom stereocenters. The number of benzene rings is 2. The average molecular weight is 302 g/mol. The molecule has 0 spiro atoms. The maximum absolute atomic E-state index is 12.1. The molecule has 2 aromatic carbocycles. The molecule has 0 aliphatic carbocycles. The summed E-state index contributed by atoms with van der Waals surface area (Å²) in [5, 5.41) is 3.51. The van der Waals surface area contributed by atoms with Gasteiger partial charge in [0, 0.05) is 17.3 Å². The van der Waals surface area contributed by atoms with Crippen molar-refractivity contribution in [2.45, 2.75) is 6.42 Å².